The van der Waals surface area contributed by atoms with Gasteiger partial charge >= 0.3 is 0 Å². The predicted molar refractivity (Wildman–Crippen MR) is 82.2 cm³/mol. The highest BCUT2D eigenvalue weighted by Crippen LogP contribution is 2.36. The number of para-hydroxylation sites is 1. The monoisotopic (exact) mass is 288 g/mol. The average molecular weight is 289 g/mol. The molecule has 0 aliphatic rings. The Balaban J connectivity index is 2.50. The van der Waals surface area contributed by atoms with Crippen molar-refractivity contribution in [2.75, 3.05) is 0 Å². The maximum Gasteiger partial charge on any atom is 0.156 e. The minimum atomic E-state index is 0.327. The van der Waals surface area contributed by atoms with Crippen molar-refractivity contribution in [3.05, 3.63) is 58.1 Å². The van der Waals surface area contributed by atoms with Crippen LogP contribution in [0.3, 0.4) is 0 Å². The number of carbonyl (C=O) groups is 1. The standard InChI is InChI=1S/C17H17ClO2/c1-11(2)14-8-7-12(3)9-16(14)20-17-13(10-19)5-4-6-15(17)18/h4-11H,1-3H3. The number of halogens is 1. The quantitative estimate of drug-likeness (QED) is 0.706. The molecule has 0 aromatic heterocycles. The highest BCUT2D eigenvalue weighted by molar-refractivity contribution is 6.32. The molecule has 20 heavy (non-hydrogen) atoms. The van der Waals surface area contributed by atoms with Gasteiger partial charge in [-0.3, -0.25) is 4.79 Å². The Labute approximate surface area is 124 Å². The summed E-state index contributed by atoms with van der Waals surface area (Å²) in [5.74, 6) is 1.49. The fraction of sp³-hybridized carbons (Fsp3) is 0.235. The second-order valence-electron chi connectivity index (χ2n) is 5.07. The lowest BCUT2D eigenvalue weighted by Crippen LogP contribution is -1.97. The fourth-order valence-electron chi connectivity index (χ4n) is 2.04. The molecule has 0 amide bonds. The van der Waals surface area contributed by atoms with E-state index in [1.807, 2.05) is 19.1 Å². The zero-order valence-corrected chi connectivity index (χ0v) is 12.6. The van der Waals surface area contributed by atoms with Crippen LogP contribution in [0.25, 0.3) is 0 Å². The van der Waals surface area contributed by atoms with Gasteiger partial charge in [-0.25, -0.2) is 0 Å². The van der Waals surface area contributed by atoms with E-state index in [9.17, 15) is 4.79 Å². The van der Waals surface area contributed by atoms with E-state index in [-0.39, 0.29) is 0 Å². The van der Waals surface area contributed by atoms with Gasteiger partial charge in [-0.1, -0.05) is 43.6 Å². The first-order valence-corrected chi connectivity index (χ1v) is 6.92. The first-order chi connectivity index (χ1) is 9.52. The summed E-state index contributed by atoms with van der Waals surface area (Å²) in [6, 6.07) is 11.2. The van der Waals surface area contributed by atoms with E-state index < -0.39 is 0 Å². The Bertz CT molecular complexity index is 633. The molecule has 0 saturated heterocycles. The molecule has 0 atom stereocenters. The topological polar surface area (TPSA) is 26.3 Å². The number of hydrogen-bond acceptors (Lipinski definition) is 2. The molecule has 2 nitrogen and oxygen atoms in total. The molecule has 0 fully saturated rings. The van der Waals surface area contributed by atoms with Crippen LogP contribution in [0.5, 0.6) is 11.5 Å². The molecular formula is C17H17ClO2. The van der Waals surface area contributed by atoms with Gasteiger partial charge in [-0.15, -0.1) is 0 Å². The van der Waals surface area contributed by atoms with Gasteiger partial charge in [0.1, 0.15) is 5.75 Å². The molecule has 2 aromatic rings. The lowest BCUT2D eigenvalue weighted by atomic mass is 10.0. The first-order valence-electron chi connectivity index (χ1n) is 6.55. The summed E-state index contributed by atoms with van der Waals surface area (Å²) in [6.07, 6.45) is 0.756. The third-order valence-corrected chi connectivity index (χ3v) is 3.43. The van der Waals surface area contributed by atoms with Gasteiger partial charge in [0.15, 0.2) is 12.0 Å². The third kappa shape index (κ3) is 3.02. The summed E-state index contributed by atoms with van der Waals surface area (Å²) in [6.45, 7) is 6.21. The van der Waals surface area contributed by atoms with E-state index >= 15 is 0 Å². The average Bonchev–Trinajstić information content (AvgIpc) is 2.40. The molecule has 0 aliphatic carbocycles. The second-order valence-corrected chi connectivity index (χ2v) is 5.48. The highest BCUT2D eigenvalue weighted by Gasteiger charge is 2.13. The molecule has 2 aromatic carbocycles. The van der Waals surface area contributed by atoms with E-state index in [1.54, 1.807) is 18.2 Å². The van der Waals surface area contributed by atoms with Crippen molar-refractivity contribution in [1.82, 2.24) is 0 Å². The molecule has 0 saturated carbocycles. The van der Waals surface area contributed by atoms with Gasteiger partial charge in [0.25, 0.3) is 0 Å². The Hall–Kier alpha value is -1.80. The van der Waals surface area contributed by atoms with Crippen molar-refractivity contribution in [2.45, 2.75) is 26.7 Å². The molecule has 0 radical (unpaired) electrons. The van der Waals surface area contributed by atoms with E-state index in [1.165, 1.54) is 0 Å². The van der Waals surface area contributed by atoms with Gasteiger partial charge in [-0.2, -0.15) is 0 Å². The number of benzene rings is 2. The van der Waals surface area contributed by atoms with Gasteiger partial charge < -0.3 is 4.74 Å². The highest BCUT2D eigenvalue weighted by atomic mass is 35.5. The molecule has 0 N–H and O–H groups in total. The SMILES string of the molecule is Cc1ccc(C(C)C)c(Oc2c(Cl)cccc2C=O)c1. The first kappa shape index (κ1) is 14.6. The predicted octanol–water partition coefficient (Wildman–Crippen LogP) is 5.38. The van der Waals surface area contributed by atoms with E-state index in [0.717, 1.165) is 23.2 Å². The zero-order valence-electron chi connectivity index (χ0n) is 11.8. The second kappa shape index (κ2) is 6.10. The van der Waals surface area contributed by atoms with Crippen LogP contribution in [0.4, 0.5) is 0 Å². The van der Waals surface area contributed by atoms with Crippen LogP contribution in [-0.4, -0.2) is 6.29 Å². The van der Waals surface area contributed by atoms with Crippen molar-refractivity contribution in [3.8, 4) is 11.5 Å². The summed E-state index contributed by atoms with van der Waals surface area (Å²) in [5.41, 5.74) is 2.64. The van der Waals surface area contributed by atoms with Crippen LogP contribution < -0.4 is 4.74 Å². The van der Waals surface area contributed by atoms with Crippen molar-refractivity contribution in [3.63, 3.8) is 0 Å². The molecule has 0 spiro atoms. The smallest absolute Gasteiger partial charge is 0.156 e. The lowest BCUT2D eigenvalue weighted by molar-refractivity contribution is 0.112. The van der Waals surface area contributed by atoms with Crippen LogP contribution in [0, 0.1) is 6.92 Å². The number of hydrogen-bond donors (Lipinski definition) is 0. The summed E-state index contributed by atoms with van der Waals surface area (Å²) in [4.78, 5) is 11.1. The normalized spacial score (nSPS) is 10.7. The molecule has 0 aliphatic heterocycles. The molecule has 104 valence electrons. The van der Waals surface area contributed by atoms with E-state index in [0.29, 0.717) is 22.3 Å². The number of ether oxygens (including phenoxy) is 1. The Morgan fingerprint density at radius 2 is 1.95 bits per heavy atom. The van der Waals surface area contributed by atoms with Crippen LogP contribution in [0.1, 0.15) is 41.3 Å². The molecular weight excluding hydrogens is 272 g/mol. The Kier molecular flexibility index (Phi) is 4.46. The Morgan fingerprint density at radius 3 is 2.60 bits per heavy atom. The summed E-state index contributed by atoms with van der Waals surface area (Å²) >= 11 is 6.15. The van der Waals surface area contributed by atoms with E-state index in [4.69, 9.17) is 16.3 Å². The van der Waals surface area contributed by atoms with Gasteiger partial charge in [0.2, 0.25) is 0 Å². The molecule has 0 bridgehead atoms. The van der Waals surface area contributed by atoms with Crippen LogP contribution in [0.15, 0.2) is 36.4 Å². The largest absolute Gasteiger partial charge is 0.455 e. The fourth-order valence-corrected chi connectivity index (χ4v) is 2.26. The van der Waals surface area contributed by atoms with Crippen molar-refractivity contribution in [1.29, 1.82) is 0 Å². The van der Waals surface area contributed by atoms with Crippen LogP contribution in [0.2, 0.25) is 5.02 Å². The molecule has 2 rings (SSSR count). The van der Waals surface area contributed by atoms with Gasteiger partial charge in [0.05, 0.1) is 10.6 Å². The molecule has 0 unspecified atom stereocenters. The van der Waals surface area contributed by atoms with Crippen molar-refractivity contribution in [2.24, 2.45) is 0 Å². The van der Waals surface area contributed by atoms with Gasteiger partial charge in [0, 0.05) is 0 Å². The maximum atomic E-state index is 11.1. The number of rotatable bonds is 4. The summed E-state index contributed by atoms with van der Waals surface area (Å²) < 4.78 is 5.94. The molecule has 0 heterocycles. The minimum absolute atomic E-state index is 0.327. The number of aldehydes is 1. The number of carbonyl (C=O) groups excluding carboxylic acids is 1. The minimum Gasteiger partial charge on any atom is -0.455 e. The van der Waals surface area contributed by atoms with Crippen LogP contribution in [-0.2, 0) is 0 Å². The van der Waals surface area contributed by atoms with Crippen molar-refractivity contribution >= 4 is 17.9 Å². The van der Waals surface area contributed by atoms with Crippen molar-refractivity contribution < 1.29 is 9.53 Å². The lowest BCUT2D eigenvalue weighted by Gasteiger charge is -2.16. The number of aryl methyl sites for hydroxylation is 1. The van der Waals surface area contributed by atoms with Crippen LogP contribution >= 0.6 is 11.6 Å². The Morgan fingerprint density at radius 1 is 1.20 bits per heavy atom. The summed E-state index contributed by atoms with van der Waals surface area (Å²) in [7, 11) is 0. The third-order valence-electron chi connectivity index (χ3n) is 3.13. The summed E-state index contributed by atoms with van der Waals surface area (Å²) in [5, 5.41) is 0.436. The van der Waals surface area contributed by atoms with E-state index in [2.05, 4.69) is 19.9 Å². The zero-order chi connectivity index (χ0) is 14.7. The maximum absolute atomic E-state index is 11.1. The molecule has 3 heteroatoms. The van der Waals surface area contributed by atoms with Gasteiger partial charge in [-0.05, 0) is 42.2 Å².